The summed E-state index contributed by atoms with van der Waals surface area (Å²) in [7, 11) is 0. The summed E-state index contributed by atoms with van der Waals surface area (Å²) >= 11 is 17.5. The highest BCUT2D eigenvalue weighted by Gasteiger charge is 2.21. The molecule has 6 nitrogen and oxygen atoms in total. The van der Waals surface area contributed by atoms with Gasteiger partial charge in [-0.2, -0.15) is 0 Å². The molecular formula is C16H22Cl3N3O3. The number of ether oxygens (including phenoxy) is 1. The second-order valence-corrected chi connectivity index (χ2v) is 7.28. The topological polar surface area (TPSA) is 94.3 Å². The minimum absolute atomic E-state index is 0.00714. The lowest BCUT2D eigenvalue weighted by Gasteiger charge is -2.15. The molecule has 0 spiro atoms. The highest BCUT2D eigenvalue weighted by Crippen LogP contribution is 2.34. The summed E-state index contributed by atoms with van der Waals surface area (Å²) in [6.45, 7) is 5.75. The lowest BCUT2D eigenvalue weighted by Crippen LogP contribution is -2.36. The summed E-state index contributed by atoms with van der Waals surface area (Å²) in [6.07, 6.45) is 2.97. The summed E-state index contributed by atoms with van der Waals surface area (Å²) in [5, 5.41) is 2.39. The number of aromatic nitrogens is 1. The van der Waals surface area contributed by atoms with Crippen LogP contribution in [0.5, 0.6) is 0 Å². The number of amides is 1. The van der Waals surface area contributed by atoms with Crippen LogP contribution in [0.4, 0.5) is 5.69 Å². The summed E-state index contributed by atoms with van der Waals surface area (Å²) in [5.41, 5.74) is 5.28. The van der Waals surface area contributed by atoms with Gasteiger partial charge in [-0.15, -0.1) is 0 Å². The lowest BCUT2D eigenvalue weighted by molar-refractivity contribution is -0.124. The average Bonchev–Trinajstić information content (AvgIpc) is 2.53. The summed E-state index contributed by atoms with van der Waals surface area (Å²) < 4.78 is 4.91. The van der Waals surface area contributed by atoms with Crippen LogP contribution >= 0.6 is 34.8 Å². The maximum absolute atomic E-state index is 12.0. The number of carbonyl (C=O) groups excluding carboxylic acids is 2. The van der Waals surface area contributed by atoms with Crippen molar-refractivity contribution >= 4 is 52.4 Å². The van der Waals surface area contributed by atoms with Crippen LogP contribution in [0.15, 0.2) is 0 Å². The molecule has 0 radical (unpaired) electrons. The molecule has 9 heteroatoms. The first-order valence-corrected chi connectivity index (χ1v) is 9.03. The smallest absolute Gasteiger partial charge is 0.359 e. The molecule has 1 amide bonds. The molecule has 1 aromatic rings. The predicted octanol–water partition coefficient (Wildman–Crippen LogP) is 4.11. The second kappa shape index (κ2) is 10.0. The van der Waals surface area contributed by atoms with Gasteiger partial charge in [0.2, 0.25) is 0 Å². The van der Waals surface area contributed by atoms with Gasteiger partial charge in [0.1, 0.15) is 5.02 Å². The SMILES string of the molecule is CC(C)CCCC(C)NC(=O)COC(=O)c1nc(Cl)c(Cl)c(N)c1Cl. The monoisotopic (exact) mass is 409 g/mol. The molecule has 1 heterocycles. The minimum Gasteiger partial charge on any atom is -0.451 e. The number of carbonyl (C=O) groups is 2. The molecule has 0 saturated carbocycles. The van der Waals surface area contributed by atoms with Crippen molar-refractivity contribution in [2.75, 3.05) is 12.3 Å². The Kier molecular flexibility index (Phi) is 8.76. The minimum atomic E-state index is -0.905. The Bertz CT molecular complexity index is 639. The Labute approximate surface area is 162 Å². The van der Waals surface area contributed by atoms with Crippen molar-refractivity contribution in [3.63, 3.8) is 0 Å². The highest BCUT2D eigenvalue weighted by atomic mass is 35.5. The molecule has 25 heavy (non-hydrogen) atoms. The second-order valence-electron chi connectivity index (χ2n) is 6.16. The molecule has 0 aliphatic heterocycles. The summed E-state index contributed by atoms with van der Waals surface area (Å²) in [4.78, 5) is 27.6. The van der Waals surface area contributed by atoms with Crippen molar-refractivity contribution in [1.82, 2.24) is 10.3 Å². The van der Waals surface area contributed by atoms with Crippen LogP contribution in [0, 0.1) is 5.92 Å². The number of halogens is 3. The number of pyridine rings is 1. The van der Waals surface area contributed by atoms with Gasteiger partial charge in [-0.25, -0.2) is 9.78 Å². The number of nitrogens with one attached hydrogen (secondary N) is 1. The number of hydrogen-bond donors (Lipinski definition) is 2. The van der Waals surface area contributed by atoms with Gasteiger partial charge in [-0.3, -0.25) is 4.79 Å². The zero-order valence-corrected chi connectivity index (χ0v) is 16.6. The largest absolute Gasteiger partial charge is 0.451 e. The van der Waals surface area contributed by atoms with Gasteiger partial charge in [0, 0.05) is 6.04 Å². The molecule has 0 aromatic carbocycles. The average molecular weight is 411 g/mol. The third-order valence-corrected chi connectivity index (χ3v) is 4.56. The van der Waals surface area contributed by atoms with E-state index in [1.807, 2.05) is 6.92 Å². The van der Waals surface area contributed by atoms with E-state index in [2.05, 4.69) is 24.1 Å². The van der Waals surface area contributed by atoms with E-state index in [1.165, 1.54) is 0 Å². The lowest BCUT2D eigenvalue weighted by atomic mass is 10.0. The molecule has 1 rings (SSSR count). The Morgan fingerprint density at radius 3 is 2.40 bits per heavy atom. The first kappa shape index (κ1) is 21.8. The molecule has 0 aliphatic rings. The fourth-order valence-corrected chi connectivity index (χ4v) is 2.67. The summed E-state index contributed by atoms with van der Waals surface area (Å²) in [6, 6.07) is -0.00714. The normalized spacial score (nSPS) is 12.1. The van der Waals surface area contributed by atoms with Crippen LogP contribution in [0.3, 0.4) is 0 Å². The van der Waals surface area contributed by atoms with Gasteiger partial charge >= 0.3 is 5.97 Å². The van der Waals surface area contributed by atoms with Crippen LogP contribution in [0.2, 0.25) is 15.2 Å². The zero-order chi connectivity index (χ0) is 19.1. The number of esters is 1. The van der Waals surface area contributed by atoms with Gasteiger partial charge in [-0.05, 0) is 19.3 Å². The van der Waals surface area contributed by atoms with Crippen molar-refractivity contribution in [2.24, 2.45) is 5.92 Å². The van der Waals surface area contributed by atoms with E-state index in [1.54, 1.807) is 0 Å². The number of nitrogens with zero attached hydrogens (tertiary/aromatic N) is 1. The van der Waals surface area contributed by atoms with E-state index in [-0.39, 0.29) is 32.6 Å². The molecule has 0 fully saturated rings. The summed E-state index contributed by atoms with van der Waals surface area (Å²) in [5.74, 6) is -0.688. The van der Waals surface area contributed by atoms with E-state index in [0.717, 1.165) is 19.3 Å². The van der Waals surface area contributed by atoms with Crippen molar-refractivity contribution in [1.29, 1.82) is 0 Å². The van der Waals surface area contributed by atoms with Crippen molar-refractivity contribution in [3.05, 3.63) is 20.9 Å². The number of rotatable bonds is 8. The number of hydrogen-bond acceptors (Lipinski definition) is 5. The quantitative estimate of drug-likeness (QED) is 0.497. The van der Waals surface area contributed by atoms with Gasteiger partial charge in [0.25, 0.3) is 5.91 Å². The molecule has 1 atom stereocenters. The van der Waals surface area contributed by atoms with Gasteiger partial charge in [-0.1, -0.05) is 61.5 Å². The third kappa shape index (κ3) is 6.88. The fourth-order valence-electron chi connectivity index (χ4n) is 2.09. The molecule has 0 saturated heterocycles. The van der Waals surface area contributed by atoms with Crippen LogP contribution in [0.1, 0.15) is 50.5 Å². The Balaban J connectivity index is 2.53. The maximum atomic E-state index is 12.0. The molecule has 0 aliphatic carbocycles. The molecular weight excluding hydrogens is 389 g/mol. The Morgan fingerprint density at radius 2 is 1.80 bits per heavy atom. The third-order valence-electron chi connectivity index (χ3n) is 3.43. The number of anilines is 1. The van der Waals surface area contributed by atoms with Crippen molar-refractivity contribution in [3.8, 4) is 0 Å². The zero-order valence-electron chi connectivity index (χ0n) is 14.4. The number of nitrogen functional groups attached to an aromatic ring is 1. The first-order valence-electron chi connectivity index (χ1n) is 7.89. The van der Waals surface area contributed by atoms with E-state index in [0.29, 0.717) is 5.92 Å². The Hall–Kier alpha value is -1.24. The Morgan fingerprint density at radius 1 is 1.16 bits per heavy atom. The van der Waals surface area contributed by atoms with E-state index >= 15 is 0 Å². The number of nitrogens with two attached hydrogens (primary N) is 1. The van der Waals surface area contributed by atoms with Gasteiger partial charge in [0.05, 0.1) is 10.7 Å². The van der Waals surface area contributed by atoms with Crippen LogP contribution in [-0.2, 0) is 9.53 Å². The van der Waals surface area contributed by atoms with Crippen molar-refractivity contribution in [2.45, 2.75) is 46.1 Å². The molecule has 140 valence electrons. The van der Waals surface area contributed by atoms with Gasteiger partial charge in [0.15, 0.2) is 17.5 Å². The molecule has 3 N–H and O–H groups in total. The van der Waals surface area contributed by atoms with Crippen LogP contribution in [-0.4, -0.2) is 29.5 Å². The first-order chi connectivity index (χ1) is 11.6. The maximum Gasteiger partial charge on any atom is 0.359 e. The van der Waals surface area contributed by atoms with E-state index in [4.69, 9.17) is 45.3 Å². The van der Waals surface area contributed by atoms with Crippen LogP contribution < -0.4 is 11.1 Å². The van der Waals surface area contributed by atoms with Gasteiger partial charge < -0.3 is 15.8 Å². The van der Waals surface area contributed by atoms with Crippen molar-refractivity contribution < 1.29 is 14.3 Å². The standard InChI is InChI=1S/C16H22Cl3N3O3/c1-8(2)5-4-6-9(3)21-10(23)7-25-16(24)14-11(17)13(20)12(18)15(19)22-14/h8-9H,4-7H2,1-3H3,(H2,20,22)(H,21,23). The molecule has 0 bridgehead atoms. The van der Waals surface area contributed by atoms with E-state index in [9.17, 15) is 9.59 Å². The molecule has 1 unspecified atom stereocenters. The van der Waals surface area contributed by atoms with E-state index < -0.39 is 18.5 Å². The fraction of sp³-hybridized carbons (Fsp3) is 0.562. The highest BCUT2D eigenvalue weighted by molar-refractivity contribution is 6.46. The predicted molar refractivity (Wildman–Crippen MR) is 100 cm³/mol. The molecule has 1 aromatic heterocycles. The van der Waals surface area contributed by atoms with Crippen LogP contribution in [0.25, 0.3) is 0 Å².